The minimum absolute atomic E-state index is 0.203. The molecular weight excluding hydrogens is 270 g/mol. The first-order valence-corrected chi connectivity index (χ1v) is 6.20. The molecule has 0 saturated carbocycles. The molecule has 90 valence electrons. The van der Waals surface area contributed by atoms with Gasteiger partial charge < -0.3 is 14.5 Å². The van der Waals surface area contributed by atoms with Crippen LogP contribution in [0.2, 0.25) is 0 Å². The Kier molecular flexibility index (Phi) is 6.45. The zero-order valence-corrected chi connectivity index (χ0v) is 11.1. The van der Waals surface area contributed by atoms with Crippen LogP contribution in [0.3, 0.4) is 0 Å². The molecule has 1 atom stereocenters. The molecule has 0 fully saturated rings. The van der Waals surface area contributed by atoms with Gasteiger partial charge >= 0.3 is 0 Å². The molecule has 0 aliphatic rings. The molecule has 0 saturated heterocycles. The Morgan fingerprint density at radius 1 is 1.56 bits per heavy atom. The average Bonchev–Trinajstić information content (AvgIpc) is 2.70. The van der Waals surface area contributed by atoms with E-state index in [0.29, 0.717) is 6.61 Å². The van der Waals surface area contributed by atoms with Crippen molar-refractivity contribution in [3.63, 3.8) is 0 Å². The van der Waals surface area contributed by atoms with E-state index in [1.807, 2.05) is 18.2 Å². The standard InChI is InChI=1S/C12H18BrNO2/c1-3-4-8-15-9-7-14-10(2)11-5-6-12(13)16-11/h3,5-6,10,14H,1,4,7-9H2,2H3. The van der Waals surface area contributed by atoms with E-state index >= 15 is 0 Å². The summed E-state index contributed by atoms with van der Waals surface area (Å²) >= 11 is 3.28. The molecule has 1 rings (SSSR count). The van der Waals surface area contributed by atoms with Crippen LogP contribution in [-0.4, -0.2) is 19.8 Å². The smallest absolute Gasteiger partial charge is 0.169 e. The van der Waals surface area contributed by atoms with Crippen LogP contribution in [0.15, 0.2) is 33.9 Å². The molecular formula is C12H18BrNO2. The fourth-order valence-electron chi connectivity index (χ4n) is 1.28. The first kappa shape index (κ1) is 13.5. The number of halogens is 1. The SMILES string of the molecule is C=CCCOCCNC(C)c1ccc(Br)o1. The van der Waals surface area contributed by atoms with Crippen LogP contribution in [-0.2, 0) is 4.74 Å². The maximum atomic E-state index is 5.44. The van der Waals surface area contributed by atoms with Crippen molar-refractivity contribution in [3.8, 4) is 0 Å². The van der Waals surface area contributed by atoms with E-state index in [9.17, 15) is 0 Å². The molecule has 0 radical (unpaired) electrons. The van der Waals surface area contributed by atoms with E-state index in [2.05, 4.69) is 34.7 Å². The van der Waals surface area contributed by atoms with E-state index < -0.39 is 0 Å². The number of furan rings is 1. The van der Waals surface area contributed by atoms with Crippen LogP contribution < -0.4 is 5.32 Å². The fraction of sp³-hybridized carbons (Fsp3) is 0.500. The van der Waals surface area contributed by atoms with Crippen molar-refractivity contribution < 1.29 is 9.15 Å². The maximum absolute atomic E-state index is 5.44. The number of nitrogens with one attached hydrogen (secondary N) is 1. The molecule has 0 aliphatic heterocycles. The van der Waals surface area contributed by atoms with Crippen LogP contribution in [0.5, 0.6) is 0 Å². The zero-order chi connectivity index (χ0) is 11.8. The van der Waals surface area contributed by atoms with Crippen molar-refractivity contribution in [2.45, 2.75) is 19.4 Å². The van der Waals surface area contributed by atoms with Gasteiger partial charge in [-0.25, -0.2) is 0 Å². The van der Waals surface area contributed by atoms with Crippen LogP contribution in [0.25, 0.3) is 0 Å². The van der Waals surface area contributed by atoms with Gasteiger partial charge in [-0.3, -0.25) is 0 Å². The first-order valence-electron chi connectivity index (χ1n) is 5.41. The second-order valence-electron chi connectivity index (χ2n) is 3.51. The Labute approximate surface area is 105 Å². The Balaban J connectivity index is 2.11. The molecule has 0 aromatic carbocycles. The Hall–Kier alpha value is -0.580. The lowest BCUT2D eigenvalue weighted by Crippen LogP contribution is -2.23. The molecule has 0 aliphatic carbocycles. The highest BCUT2D eigenvalue weighted by molar-refractivity contribution is 9.10. The monoisotopic (exact) mass is 287 g/mol. The van der Waals surface area contributed by atoms with E-state index in [4.69, 9.17) is 9.15 Å². The van der Waals surface area contributed by atoms with Gasteiger partial charge in [-0.15, -0.1) is 6.58 Å². The molecule has 1 aromatic heterocycles. The van der Waals surface area contributed by atoms with Gasteiger partial charge in [0.2, 0.25) is 0 Å². The van der Waals surface area contributed by atoms with Gasteiger partial charge in [0.1, 0.15) is 5.76 Å². The molecule has 1 N–H and O–H groups in total. The second kappa shape index (κ2) is 7.65. The van der Waals surface area contributed by atoms with Crippen LogP contribution in [0.1, 0.15) is 25.1 Å². The summed E-state index contributed by atoms with van der Waals surface area (Å²) in [6.07, 6.45) is 2.76. The molecule has 0 amide bonds. The number of hydrogen-bond donors (Lipinski definition) is 1. The van der Waals surface area contributed by atoms with Gasteiger partial charge in [-0.1, -0.05) is 6.08 Å². The third-order valence-corrected chi connectivity index (χ3v) is 2.61. The van der Waals surface area contributed by atoms with Crippen molar-refractivity contribution in [1.29, 1.82) is 0 Å². The molecule has 0 spiro atoms. The van der Waals surface area contributed by atoms with Gasteiger partial charge in [0, 0.05) is 6.54 Å². The molecule has 1 unspecified atom stereocenters. The molecule has 1 aromatic rings. The van der Waals surface area contributed by atoms with Crippen molar-refractivity contribution in [3.05, 3.63) is 35.2 Å². The summed E-state index contributed by atoms with van der Waals surface area (Å²) in [5, 5.41) is 3.32. The van der Waals surface area contributed by atoms with Gasteiger partial charge in [0.05, 0.1) is 19.3 Å². The topological polar surface area (TPSA) is 34.4 Å². The minimum atomic E-state index is 0.203. The predicted molar refractivity (Wildman–Crippen MR) is 68.5 cm³/mol. The summed E-state index contributed by atoms with van der Waals surface area (Å²) in [5.74, 6) is 0.929. The van der Waals surface area contributed by atoms with E-state index in [1.165, 1.54) is 0 Å². The van der Waals surface area contributed by atoms with E-state index in [1.54, 1.807) is 0 Å². The van der Waals surface area contributed by atoms with Gasteiger partial charge in [0.25, 0.3) is 0 Å². The normalized spacial score (nSPS) is 12.6. The summed E-state index contributed by atoms with van der Waals surface area (Å²) in [4.78, 5) is 0. The molecule has 4 heteroatoms. The summed E-state index contributed by atoms with van der Waals surface area (Å²) in [5.41, 5.74) is 0. The number of rotatable bonds is 8. The Bertz CT molecular complexity index is 312. The summed E-state index contributed by atoms with van der Waals surface area (Å²) in [6, 6.07) is 4.06. The Morgan fingerprint density at radius 2 is 2.38 bits per heavy atom. The molecule has 16 heavy (non-hydrogen) atoms. The maximum Gasteiger partial charge on any atom is 0.169 e. The third-order valence-electron chi connectivity index (χ3n) is 2.18. The van der Waals surface area contributed by atoms with E-state index in [-0.39, 0.29) is 6.04 Å². The molecule has 0 bridgehead atoms. The zero-order valence-electron chi connectivity index (χ0n) is 9.54. The fourth-order valence-corrected chi connectivity index (χ4v) is 1.60. The van der Waals surface area contributed by atoms with E-state index in [0.717, 1.165) is 30.0 Å². The second-order valence-corrected chi connectivity index (χ2v) is 4.29. The van der Waals surface area contributed by atoms with Crippen LogP contribution in [0.4, 0.5) is 0 Å². The lowest BCUT2D eigenvalue weighted by Gasteiger charge is -2.11. The van der Waals surface area contributed by atoms with Crippen molar-refractivity contribution in [1.82, 2.24) is 5.32 Å². The van der Waals surface area contributed by atoms with Gasteiger partial charge in [-0.05, 0) is 41.4 Å². The summed E-state index contributed by atoms with van der Waals surface area (Å²) in [6.45, 7) is 7.97. The molecule has 3 nitrogen and oxygen atoms in total. The predicted octanol–water partition coefficient (Wildman–Crippen LogP) is 3.29. The lowest BCUT2D eigenvalue weighted by atomic mass is 10.2. The number of ether oxygens (including phenoxy) is 1. The van der Waals surface area contributed by atoms with Crippen molar-refractivity contribution in [2.75, 3.05) is 19.8 Å². The highest BCUT2D eigenvalue weighted by Gasteiger charge is 2.08. The van der Waals surface area contributed by atoms with Crippen LogP contribution >= 0.6 is 15.9 Å². The average molecular weight is 288 g/mol. The first-order chi connectivity index (χ1) is 7.74. The molecule has 1 heterocycles. The quantitative estimate of drug-likeness (QED) is 0.589. The van der Waals surface area contributed by atoms with Crippen LogP contribution in [0, 0.1) is 0 Å². The number of hydrogen-bond acceptors (Lipinski definition) is 3. The highest BCUT2D eigenvalue weighted by atomic mass is 79.9. The van der Waals surface area contributed by atoms with Gasteiger partial charge in [0.15, 0.2) is 4.67 Å². The largest absolute Gasteiger partial charge is 0.453 e. The van der Waals surface area contributed by atoms with Crippen molar-refractivity contribution in [2.24, 2.45) is 0 Å². The minimum Gasteiger partial charge on any atom is -0.453 e. The third kappa shape index (κ3) is 4.96. The lowest BCUT2D eigenvalue weighted by molar-refractivity contribution is 0.138. The highest BCUT2D eigenvalue weighted by Crippen LogP contribution is 2.19. The van der Waals surface area contributed by atoms with Gasteiger partial charge in [-0.2, -0.15) is 0 Å². The summed E-state index contributed by atoms with van der Waals surface area (Å²) in [7, 11) is 0. The summed E-state index contributed by atoms with van der Waals surface area (Å²) < 4.78 is 11.6. The van der Waals surface area contributed by atoms with Crippen molar-refractivity contribution >= 4 is 15.9 Å². The Morgan fingerprint density at radius 3 is 3.00 bits per heavy atom.